The maximum absolute atomic E-state index is 12.3. The molecule has 1 aromatic carbocycles. The summed E-state index contributed by atoms with van der Waals surface area (Å²) in [4.78, 5) is 16.5. The van der Waals surface area contributed by atoms with Gasteiger partial charge in [0.05, 0.1) is 11.4 Å². The van der Waals surface area contributed by atoms with E-state index in [4.69, 9.17) is 0 Å². The summed E-state index contributed by atoms with van der Waals surface area (Å²) in [6.07, 6.45) is 3.50. The van der Waals surface area contributed by atoms with Crippen LogP contribution in [0, 0.1) is 13.8 Å². The lowest BCUT2D eigenvalue weighted by Gasteiger charge is -2.20. The molecule has 0 aliphatic rings. The molecule has 0 spiro atoms. The molecule has 0 aliphatic heterocycles. The summed E-state index contributed by atoms with van der Waals surface area (Å²) < 4.78 is 2.01. The molecular weight excluding hydrogens is 370 g/mol. The number of amides is 1. The molecule has 6 nitrogen and oxygen atoms in total. The lowest BCUT2D eigenvalue weighted by atomic mass is 10.1. The van der Waals surface area contributed by atoms with Crippen LogP contribution in [0.4, 0.5) is 0 Å². The van der Waals surface area contributed by atoms with Crippen LogP contribution in [0.3, 0.4) is 0 Å². The van der Waals surface area contributed by atoms with E-state index in [0.29, 0.717) is 11.0 Å². The minimum absolute atomic E-state index is 0.0315. The summed E-state index contributed by atoms with van der Waals surface area (Å²) >= 11 is 1.38. The van der Waals surface area contributed by atoms with Crippen molar-refractivity contribution in [2.45, 2.75) is 45.3 Å². The van der Waals surface area contributed by atoms with Crippen LogP contribution in [0.25, 0.3) is 17.1 Å². The number of aromatic nitrogens is 4. The number of rotatable bonds is 5. The van der Waals surface area contributed by atoms with Crippen LogP contribution in [0.2, 0.25) is 0 Å². The Balaban J connectivity index is 2.00. The van der Waals surface area contributed by atoms with Crippen molar-refractivity contribution in [3.8, 4) is 17.1 Å². The molecule has 0 fully saturated rings. The van der Waals surface area contributed by atoms with E-state index in [1.165, 1.54) is 17.3 Å². The molecule has 0 bridgehead atoms. The van der Waals surface area contributed by atoms with Crippen molar-refractivity contribution in [1.82, 2.24) is 25.1 Å². The number of carbonyl (C=O) groups is 1. The minimum Gasteiger partial charge on any atom is -0.351 e. The third-order valence-electron chi connectivity index (χ3n) is 4.22. The number of nitrogens with zero attached hydrogens (tertiary/aromatic N) is 4. The van der Waals surface area contributed by atoms with E-state index in [-0.39, 0.29) is 17.2 Å². The van der Waals surface area contributed by atoms with Crippen molar-refractivity contribution in [2.24, 2.45) is 0 Å². The van der Waals surface area contributed by atoms with E-state index in [0.717, 1.165) is 16.8 Å². The first-order chi connectivity index (χ1) is 13.3. The van der Waals surface area contributed by atoms with Gasteiger partial charge in [-0.05, 0) is 63.9 Å². The quantitative estimate of drug-likeness (QED) is 0.662. The van der Waals surface area contributed by atoms with Crippen LogP contribution in [0.5, 0.6) is 0 Å². The van der Waals surface area contributed by atoms with Gasteiger partial charge in [-0.25, -0.2) is 0 Å². The van der Waals surface area contributed by atoms with Gasteiger partial charge in [-0.3, -0.25) is 14.3 Å². The first kappa shape index (κ1) is 20.1. The highest BCUT2D eigenvalue weighted by molar-refractivity contribution is 7.99. The van der Waals surface area contributed by atoms with Gasteiger partial charge in [0, 0.05) is 23.5 Å². The number of aryl methyl sites for hydroxylation is 1. The molecule has 0 radical (unpaired) electrons. The number of thioether (sulfide) groups is 1. The molecule has 2 heterocycles. The van der Waals surface area contributed by atoms with Gasteiger partial charge in [-0.1, -0.05) is 23.9 Å². The topological polar surface area (TPSA) is 72.7 Å². The minimum atomic E-state index is -0.265. The van der Waals surface area contributed by atoms with E-state index in [1.807, 2.05) is 49.6 Å². The number of benzene rings is 1. The monoisotopic (exact) mass is 395 g/mol. The van der Waals surface area contributed by atoms with Gasteiger partial charge in [0.1, 0.15) is 0 Å². The number of nitrogens with one attached hydrogen (secondary N) is 1. The van der Waals surface area contributed by atoms with Crippen molar-refractivity contribution in [3.05, 3.63) is 53.9 Å². The van der Waals surface area contributed by atoms with Gasteiger partial charge in [0.25, 0.3) is 0 Å². The fraction of sp³-hybridized carbons (Fsp3) is 0.333. The second-order valence-corrected chi connectivity index (χ2v) is 8.63. The first-order valence-corrected chi connectivity index (χ1v) is 10.1. The summed E-state index contributed by atoms with van der Waals surface area (Å²) in [6, 6.07) is 9.98. The zero-order valence-corrected chi connectivity index (χ0v) is 17.7. The van der Waals surface area contributed by atoms with Gasteiger partial charge in [-0.2, -0.15) is 0 Å². The van der Waals surface area contributed by atoms with Crippen molar-refractivity contribution < 1.29 is 4.79 Å². The highest BCUT2D eigenvalue weighted by Gasteiger charge is 2.20. The molecule has 2 aromatic heterocycles. The highest BCUT2D eigenvalue weighted by Crippen LogP contribution is 2.30. The lowest BCUT2D eigenvalue weighted by molar-refractivity contribution is -0.119. The fourth-order valence-corrected chi connectivity index (χ4v) is 3.57. The summed E-state index contributed by atoms with van der Waals surface area (Å²) in [5.74, 6) is 0.948. The Morgan fingerprint density at radius 3 is 2.61 bits per heavy atom. The molecule has 146 valence electrons. The van der Waals surface area contributed by atoms with Gasteiger partial charge < -0.3 is 5.32 Å². The van der Waals surface area contributed by atoms with Crippen molar-refractivity contribution in [2.75, 3.05) is 5.75 Å². The van der Waals surface area contributed by atoms with Crippen molar-refractivity contribution in [3.63, 3.8) is 0 Å². The standard InChI is InChI=1S/C21H25N5OS/c1-14-8-6-10-17(15(14)2)26-19(16-9-7-11-22-12-16)24-25-20(26)28-13-18(27)23-21(3,4)5/h6-12H,13H2,1-5H3,(H,23,27). The SMILES string of the molecule is Cc1cccc(-n2c(SCC(=O)NC(C)(C)C)nnc2-c2cccnc2)c1C. The maximum Gasteiger partial charge on any atom is 0.230 e. The van der Waals surface area contributed by atoms with Crippen LogP contribution >= 0.6 is 11.8 Å². The highest BCUT2D eigenvalue weighted by atomic mass is 32.2. The molecule has 28 heavy (non-hydrogen) atoms. The first-order valence-electron chi connectivity index (χ1n) is 9.12. The van der Waals surface area contributed by atoms with E-state index >= 15 is 0 Å². The van der Waals surface area contributed by atoms with Gasteiger partial charge in [0.2, 0.25) is 5.91 Å². The predicted octanol–water partition coefficient (Wildman–Crippen LogP) is 3.95. The zero-order chi connectivity index (χ0) is 20.3. The van der Waals surface area contributed by atoms with Crippen LogP contribution in [-0.2, 0) is 4.79 Å². The van der Waals surface area contributed by atoms with E-state index in [2.05, 4.69) is 40.4 Å². The Kier molecular flexibility index (Phi) is 5.84. The smallest absolute Gasteiger partial charge is 0.230 e. The van der Waals surface area contributed by atoms with Gasteiger partial charge in [0.15, 0.2) is 11.0 Å². The fourth-order valence-electron chi connectivity index (χ4n) is 2.82. The predicted molar refractivity (Wildman–Crippen MR) is 113 cm³/mol. The van der Waals surface area contributed by atoms with E-state index < -0.39 is 0 Å². The Labute approximate surface area is 169 Å². The Morgan fingerprint density at radius 2 is 1.93 bits per heavy atom. The number of pyridine rings is 1. The molecule has 0 saturated carbocycles. The average Bonchev–Trinajstić information content (AvgIpc) is 3.05. The molecular formula is C21H25N5OS. The van der Waals surface area contributed by atoms with Crippen molar-refractivity contribution in [1.29, 1.82) is 0 Å². The largest absolute Gasteiger partial charge is 0.351 e. The maximum atomic E-state index is 12.3. The molecule has 0 unspecified atom stereocenters. The number of hydrogen-bond acceptors (Lipinski definition) is 5. The molecule has 0 atom stereocenters. The summed E-state index contributed by atoms with van der Waals surface area (Å²) in [7, 11) is 0. The average molecular weight is 396 g/mol. The third kappa shape index (κ3) is 4.59. The van der Waals surface area contributed by atoms with Crippen LogP contribution in [0.1, 0.15) is 31.9 Å². The molecule has 0 aliphatic carbocycles. The van der Waals surface area contributed by atoms with Gasteiger partial charge >= 0.3 is 0 Å². The van der Waals surface area contributed by atoms with Gasteiger partial charge in [-0.15, -0.1) is 10.2 Å². The van der Waals surface area contributed by atoms with E-state index in [1.54, 1.807) is 12.4 Å². The number of hydrogen-bond donors (Lipinski definition) is 1. The summed E-state index contributed by atoms with van der Waals surface area (Å²) in [5, 5.41) is 12.4. The molecule has 3 rings (SSSR count). The van der Waals surface area contributed by atoms with Crippen LogP contribution in [-0.4, -0.2) is 36.9 Å². The third-order valence-corrected chi connectivity index (χ3v) is 5.15. The molecule has 3 aromatic rings. The molecule has 7 heteroatoms. The normalized spacial score (nSPS) is 11.5. The van der Waals surface area contributed by atoms with Crippen molar-refractivity contribution >= 4 is 17.7 Å². The van der Waals surface area contributed by atoms with E-state index in [9.17, 15) is 4.79 Å². The second-order valence-electron chi connectivity index (χ2n) is 7.69. The summed E-state index contributed by atoms with van der Waals surface area (Å²) in [6.45, 7) is 10.1. The second kappa shape index (κ2) is 8.14. The zero-order valence-electron chi connectivity index (χ0n) is 16.9. The van der Waals surface area contributed by atoms with Crippen LogP contribution < -0.4 is 5.32 Å². The Hall–Kier alpha value is -2.67. The Morgan fingerprint density at radius 1 is 1.14 bits per heavy atom. The summed E-state index contributed by atoms with van der Waals surface area (Å²) in [5.41, 5.74) is 3.95. The molecule has 1 amide bonds. The lowest BCUT2D eigenvalue weighted by Crippen LogP contribution is -2.41. The molecule has 0 saturated heterocycles. The Bertz CT molecular complexity index is 976. The molecule has 1 N–H and O–H groups in total. The number of carbonyl (C=O) groups excluding carboxylic acids is 1. The van der Waals surface area contributed by atoms with Crippen LogP contribution in [0.15, 0.2) is 47.9 Å².